The fourth-order valence-electron chi connectivity index (χ4n) is 2.71. The summed E-state index contributed by atoms with van der Waals surface area (Å²) in [5.74, 6) is 0.904. The fourth-order valence-corrected chi connectivity index (χ4v) is 2.71. The molecule has 6 nitrogen and oxygen atoms in total. The van der Waals surface area contributed by atoms with Crippen molar-refractivity contribution < 1.29 is 19.1 Å². The number of carbonyl (C=O) groups excluding carboxylic acids is 2. The minimum Gasteiger partial charge on any atom is -0.454 e. The van der Waals surface area contributed by atoms with Gasteiger partial charge in [0, 0.05) is 30.3 Å². The average Bonchev–Trinajstić information content (AvgIpc) is 3.08. The lowest BCUT2D eigenvalue weighted by atomic mass is 9.87. The van der Waals surface area contributed by atoms with Crippen molar-refractivity contribution in [2.75, 3.05) is 18.7 Å². The lowest BCUT2D eigenvalue weighted by Gasteiger charge is -2.19. The minimum absolute atomic E-state index is 0.0435. The molecule has 2 aromatic rings. The van der Waals surface area contributed by atoms with E-state index in [4.69, 9.17) is 9.47 Å². The fraction of sp³-hybridized carbons (Fsp3) is 0.333. The summed E-state index contributed by atoms with van der Waals surface area (Å²) in [5, 5.41) is 5.55. The van der Waals surface area contributed by atoms with Gasteiger partial charge in [0.15, 0.2) is 11.5 Å². The first-order chi connectivity index (χ1) is 12.8. The molecule has 0 spiro atoms. The van der Waals surface area contributed by atoms with E-state index in [1.54, 1.807) is 18.2 Å². The maximum absolute atomic E-state index is 12.2. The smallest absolute Gasteiger partial charge is 0.251 e. The number of nitrogens with one attached hydrogen (secondary N) is 2. The lowest BCUT2D eigenvalue weighted by molar-refractivity contribution is -0.116. The molecule has 0 saturated heterocycles. The van der Waals surface area contributed by atoms with Gasteiger partial charge in [-0.2, -0.15) is 0 Å². The normalized spacial score (nSPS) is 12.6. The van der Waals surface area contributed by atoms with Crippen LogP contribution >= 0.6 is 0 Å². The quantitative estimate of drug-likeness (QED) is 0.847. The van der Waals surface area contributed by atoms with E-state index in [-0.39, 0.29) is 37.0 Å². The van der Waals surface area contributed by atoms with Crippen LogP contribution in [0, 0.1) is 0 Å². The molecule has 3 rings (SSSR count). The Kier molecular flexibility index (Phi) is 5.35. The van der Waals surface area contributed by atoms with Crippen LogP contribution < -0.4 is 20.1 Å². The summed E-state index contributed by atoms with van der Waals surface area (Å²) in [6.45, 7) is 6.83. The van der Waals surface area contributed by atoms with Crippen LogP contribution in [-0.4, -0.2) is 25.2 Å². The molecule has 0 fully saturated rings. The number of amides is 2. The first-order valence-corrected chi connectivity index (χ1v) is 8.91. The van der Waals surface area contributed by atoms with Crippen molar-refractivity contribution in [2.24, 2.45) is 0 Å². The highest BCUT2D eigenvalue weighted by molar-refractivity contribution is 5.95. The Bertz CT molecular complexity index is 838. The number of fused-ring (bicyclic) bond motifs is 1. The van der Waals surface area contributed by atoms with Gasteiger partial charge in [-0.15, -0.1) is 0 Å². The van der Waals surface area contributed by atoms with Crippen molar-refractivity contribution in [1.29, 1.82) is 0 Å². The Labute approximate surface area is 158 Å². The Morgan fingerprint density at radius 3 is 2.41 bits per heavy atom. The van der Waals surface area contributed by atoms with E-state index in [9.17, 15) is 9.59 Å². The highest BCUT2D eigenvalue weighted by Crippen LogP contribution is 2.34. The van der Waals surface area contributed by atoms with E-state index in [0.717, 1.165) is 0 Å². The molecular weight excluding hydrogens is 344 g/mol. The molecule has 27 heavy (non-hydrogen) atoms. The summed E-state index contributed by atoms with van der Waals surface area (Å²) in [7, 11) is 0. The van der Waals surface area contributed by atoms with Crippen molar-refractivity contribution in [1.82, 2.24) is 5.32 Å². The third kappa shape index (κ3) is 4.78. The number of hydrogen-bond acceptors (Lipinski definition) is 4. The van der Waals surface area contributed by atoms with Gasteiger partial charge in [-0.1, -0.05) is 32.9 Å². The van der Waals surface area contributed by atoms with Gasteiger partial charge in [0.25, 0.3) is 5.91 Å². The van der Waals surface area contributed by atoms with Gasteiger partial charge in [0.1, 0.15) is 0 Å². The van der Waals surface area contributed by atoms with Gasteiger partial charge in [-0.05, 0) is 35.2 Å². The van der Waals surface area contributed by atoms with E-state index < -0.39 is 0 Å². The summed E-state index contributed by atoms with van der Waals surface area (Å²) in [6, 6.07) is 12.8. The maximum Gasteiger partial charge on any atom is 0.251 e. The van der Waals surface area contributed by atoms with E-state index in [0.29, 0.717) is 22.7 Å². The maximum atomic E-state index is 12.2. The number of hydrogen-bond donors (Lipinski definition) is 2. The monoisotopic (exact) mass is 368 g/mol. The van der Waals surface area contributed by atoms with E-state index >= 15 is 0 Å². The highest BCUT2D eigenvalue weighted by atomic mass is 16.7. The van der Waals surface area contributed by atoms with Crippen molar-refractivity contribution in [2.45, 2.75) is 32.6 Å². The summed E-state index contributed by atoms with van der Waals surface area (Å²) in [6.07, 6.45) is 0.181. The molecule has 0 radical (unpaired) electrons. The van der Waals surface area contributed by atoms with Crippen LogP contribution in [0.5, 0.6) is 11.5 Å². The van der Waals surface area contributed by atoms with E-state index in [1.807, 2.05) is 24.3 Å². The second-order valence-corrected chi connectivity index (χ2v) is 7.45. The van der Waals surface area contributed by atoms with Gasteiger partial charge in [0.05, 0.1) is 0 Å². The van der Waals surface area contributed by atoms with Crippen molar-refractivity contribution in [3.05, 3.63) is 53.6 Å². The molecular formula is C21H24N2O4. The topological polar surface area (TPSA) is 76.7 Å². The molecule has 0 atom stereocenters. The largest absolute Gasteiger partial charge is 0.454 e. The molecule has 142 valence electrons. The van der Waals surface area contributed by atoms with Crippen LogP contribution in [0.25, 0.3) is 0 Å². The SMILES string of the molecule is CC(C)(C)c1ccc(C(=O)NCCC(=O)Nc2ccc3c(c2)OCO3)cc1. The third-order valence-electron chi connectivity index (χ3n) is 4.31. The molecule has 2 amide bonds. The summed E-state index contributed by atoms with van der Waals surface area (Å²) >= 11 is 0. The molecule has 0 bridgehead atoms. The summed E-state index contributed by atoms with van der Waals surface area (Å²) in [5.41, 5.74) is 2.43. The van der Waals surface area contributed by atoms with Gasteiger partial charge in [-0.25, -0.2) is 0 Å². The Morgan fingerprint density at radius 1 is 1.00 bits per heavy atom. The van der Waals surface area contributed by atoms with Crippen LogP contribution in [0.3, 0.4) is 0 Å². The molecule has 0 unspecified atom stereocenters. The first kappa shape index (κ1) is 18.8. The van der Waals surface area contributed by atoms with Crippen molar-refractivity contribution in [3.8, 4) is 11.5 Å². The molecule has 2 N–H and O–H groups in total. The Morgan fingerprint density at radius 2 is 1.70 bits per heavy atom. The van der Waals surface area contributed by atoms with Crippen LogP contribution in [0.4, 0.5) is 5.69 Å². The van der Waals surface area contributed by atoms with E-state index in [2.05, 4.69) is 31.4 Å². The minimum atomic E-state index is -0.189. The number of rotatable bonds is 5. The van der Waals surface area contributed by atoms with Crippen LogP contribution in [0.15, 0.2) is 42.5 Å². The lowest BCUT2D eigenvalue weighted by Crippen LogP contribution is -2.27. The number of benzene rings is 2. The average molecular weight is 368 g/mol. The second kappa shape index (κ2) is 7.70. The zero-order valence-corrected chi connectivity index (χ0v) is 15.8. The standard InChI is InChI=1S/C21H24N2O4/c1-21(2,3)15-6-4-14(5-7-15)20(25)22-11-10-19(24)23-16-8-9-17-18(12-16)27-13-26-17/h4-9,12H,10-11,13H2,1-3H3,(H,22,25)(H,23,24). The zero-order chi connectivity index (χ0) is 19.4. The molecule has 2 aromatic carbocycles. The predicted molar refractivity (Wildman–Crippen MR) is 103 cm³/mol. The van der Waals surface area contributed by atoms with Crippen LogP contribution in [0.2, 0.25) is 0 Å². The molecule has 6 heteroatoms. The van der Waals surface area contributed by atoms with Crippen molar-refractivity contribution in [3.63, 3.8) is 0 Å². The molecule has 0 saturated carbocycles. The summed E-state index contributed by atoms with van der Waals surface area (Å²) in [4.78, 5) is 24.3. The second-order valence-electron chi connectivity index (χ2n) is 7.45. The van der Waals surface area contributed by atoms with Crippen LogP contribution in [0.1, 0.15) is 43.1 Å². The Hall–Kier alpha value is -3.02. The van der Waals surface area contributed by atoms with Gasteiger partial charge < -0.3 is 20.1 Å². The van der Waals surface area contributed by atoms with Gasteiger partial charge in [-0.3, -0.25) is 9.59 Å². The predicted octanol–water partition coefficient (Wildman–Crippen LogP) is 3.47. The highest BCUT2D eigenvalue weighted by Gasteiger charge is 2.15. The number of carbonyl (C=O) groups is 2. The van der Waals surface area contributed by atoms with E-state index in [1.165, 1.54) is 5.56 Å². The third-order valence-corrected chi connectivity index (χ3v) is 4.31. The van der Waals surface area contributed by atoms with Crippen molar-refractivity contribution >= 4 is 17.5 Å². The van der Waals surface area contributed by atoms with Gasteiger partial charge in [0.2, 0.25) is 12.7 Å². The number of anilines is 1. The summed E-state index contributed by atoms with van der Waals surface area (Å²) < 4.78 is 10.5. The first-order valence-electron chi connectivity index (χ1n) is 8.91. The molecule has 0 aromatic heterocycles. The zero-order valence-electron chi connectivity index (χ0n) is 15.8. The van der Waals surface area contributed by atoms with Crippen LogP contribution in [-0.2, 0) is 10.2 Å². The molecule has 1 heterocycles. The molecule has 0 aliphatic carbocycles. The Balaban J connectivity index is 1.46. The molecule has 1 aliphatic heterocycles. The number of ether oxygens (including phenoxy) is 2. The molecule has 1 aliphatic rings. The van der Waals surface area contributed by atoms with Gasteiger partial charge >= 0.3 is 0 Å².